The highest BCUT2D eigenvalue weighted by molar-refractivity contribution is 7.13. The Labute approximate surface area is 185 Å². The Balaban J connectivity index is 1.59. The van der Waals surface area contributed by atoms with E-state index in [1.165, 1.54) is 11.3 Å². The number of aryl methyl sites for hydroxylation is 2. The maximum absolute atomic E-state index is 13.0. The van der Waals surface area contributed by atoms with Crippen LogP contribution in [0.5, 0.6) is 0 Å². The Morgan fingerprint density at radius 3 is 2.81 bits per heavy atom. The van der Waals surface area contributed by atoms with Gasteiger partial charge in [-0.2, -0.15) is 0 Å². The van der Waals surface area contributed by atoms with E-state index >= 15 is 0 Å². The fourth-order valence-electron chi connectivity index (χ4n) is 4.01. The lowest BCUT2D eigenvalue weighted by Crippen LogP contribution is -2.29. The molecule has 31 heavy (non-hydrogen) atoms. The van der Waals surface area contributed by atoms with Gasteiger partial charge in [0.2, 0.25) is 0 Å². The van der Waals surface area contributed by atoms with E-state index in [1.807, 2.05) is 49.1 Å². The van der Waals surface area contributed by atoms with Gasteiger partial charge in [0.05, 0.1) is 28.4 Å². The smallest absolute Gasteiger partial charge is 0.265 e. The number of benzene rings is 1. The van der Waals surface area contributed by atoms with E-state index in [0.717, 1.165) is 33.7 Å². The number of ether oxygens (including phenoxy) is 1. The van der Waals surface area contributed by atoms with E-state index in [2.05, 4.69) is 10.3 Å². The van der Waals surface area contributed by atoms with Crippen LogP contribution < -0.4 is 5.32 Å². The van der Waals surface area contributed by atoms with Crippen LogP contribution in [-0.4, -0.2) is 60.0 Å². The molecular weight excluding hydrogens is 412 g/mol. The van der Waals surface area contributed by atoms with Crippen LogP contribution in [0.4, 0.5) is 0 Å². The van der Waals surface area contributed by atoms with Crippen molar-refractivity contribution in [3.8, 4) is 0 Å². The zero-order chi connectivity index (χ0) is 22.0. The number of fused-ring (bicyclic) bond motifs is 1. The summed E-state index contributed by atoms with van der Waals surface area (Å²) in [5.74, 6) is -0.0177. The molecule has 3 heterocycles. The second-order valence-corrected chi connectivity index (χ2v) is 8.95. The number of aromatic nitrogens is 2. The van der Waals surface area contributed by atoms with Gasteiger partial charge in [-0.15, -0.1) is 11.3 Å². The molecule has 1 aliphatic rings. The average Bonchev–Trinajstić information content (AvgIpc) is 3.39. The summed E-state index contributed by atoms with van der Waals surface area (Å²) in [7, 11) is 1.61. The molecule has 1 fully saturated rings. The van der Waals surface area contributed by atoms with Crippen molar-refractivity contribution in [2.45, 2.75) is 26.2 Å². The number of thiazole rings is 1. The molecule has 7 nitrogen and oxygen atoms in total. The quantitative estimate of drug-likeness (QED) is 0.597. The van der Waals surface area contributed by atoms with Crippen molar-refractivity contribution in [3.05, 3.63) is 57.2 Å². The number of carbonyl (C=O) groups is 2. The van der Waals surface area contributed by atoms with E-state index in [1.54, 1.807) is 7.11 Å². The summed E-state index contributed by atoms with van der Waals surface area (Å²) in [6.45, 7) is 5.95. The highest BCUT2D eigenvalue weighted by Gasteiger charge is 2.31. The van der Waals surface area contributed by atoms with Crippen LogP contribution in [-0.2, 0) is 4.74 Å². The summed E-state index contributed by atoms with van der Waals surface area (Å²) < 4.78 is 5.03. The molecule has 0 bridgehead atoms. The van der Waals surface area contributed by atoms with E-state index in [4.69, 9.17) is 9.72 Å². The summed E-state index contributed by atoms with van der Waals surface area (Å²) in [5, 5.41) is 4.63. The molecule has 0 unspecified atom stereocenters. The number of nitrogens with one attached hydrogen (secondary N) is 1. The lowest BCUT2D eigenvalue weighted by atomic mass is 9.99. The van der Waals surface area contributed by atoms with E-state index in [0.29, 0.717) is 36.7 Å². The predicted octanol–water partition coefficient (Wildman–Crippen LogP) is 3.31. The first-order valence-corrected chi connectivity index (χ1v) is 11.2. The first-order chi connectivity index (χ1) is 15.0. The van der Waals surface area contributed by atoms with Gasteiger partial charge in [-0.05, 0) is 32.4 Å². The number of nitrogens with zero attached hydrogens (tertiary/aromatic N) is 3. The van der Waals surface area contributed by atoms with Crippen LogP contribution >= 0.6 is 11.3 Å². The third-order valence-electron chi connectivity index (χ3n) is 5.56. The van der Waals surface area contributed by atoms with Gasteiger partial charge in [0, 0.05) is 43.7 Å². The second-order valence-electron chi connectivity index (χ2n) is 7.74. The number of hydrogen-bond acceptors (Lipinski definition) is 6. The molecule has 0 spiro atoms. The molecule has 1 aliphatic heterocycles. The summed E-state index contributed by atoms with van der Waals surface area (Å²) >= 11 is 1.44. The Kier molecular flexibility index (Phi) is 6.29. The number of likely N-dealkylation sites (tertiary alicyclic amines) is 1. The summed E-state index contributed by atoms with van der Waals surface area (Å²) in [4.78, 5) is 37.6. The van der Waals surface area contributed by atoms with Gasteiger partial charge in [0.15, 0.2) is 0 Å². The number of methoxy groups -OCH3 is 1. The van der Waals surface area contributed by atoms with E-state index in [-0.39, 0.29) is 17.7 Å². The molecule has 8 heteroatoms. The molecule has 3 aromatic rings. The second kappa shape index (κ2) is 9.11. The number of hydrogen-bond donors (Lipinski definition) is 1. The molecular formula is C23H26N4O3S. The van der Waals surface area contributed by atoms with Crippen molar-refractivity contribution in [1.82, 2.24) is 20.2 Å². The first kappa shape index (κ1) is 21.4. The molecule has 4 rings (SSSR count). The van der Waals surface area contributed by atoms with Crippen molar-refractivity contribution in [2.75, 3.05) is 33.4 Å². The molecule has 0 aliphatic carbocycles. The Bertz CT molecular complexity index is 1130. The number of pyridine rings is 1. The van der Waals surface area contributed by atoms with Gasteiger partial charge in [-0.3, -0.25) is 14.6 Å². The van der Waals surface area contributed by atoms with Crippen molar-refractivity contribution in [3.63, 3.8) is 0 Å². The standard InChI is InChI=1S/C23H26N4O3S/c1-14-21(31-15(2)25-14)23(29)27-10-8-16(13-27)20-12-18(22(28)24-9-11-30-3)17-6-4-5-7-19(17)26-20/h4-7,12,16H,8-11,13H2,1-3H3,(H,24,28)/t16-/m0/s1. The SMILES string of the molecule is COCCNC(=O)c1cc([C@H]2CCN(C(=O)c3sc(C)nc3C)C2)nc2ccccc12. The molecule has 2 amide bonds. The molecule has 0 radical (unpaired) electrons. The first-order valence-electron chi connectivity index (χ1n) is 10.4. The monoisotopic (exact) mass is 438 g/mol. The molecule has 1 saturated heterocycles. The van der Waals surface area contributed by atoms with E-state index < -0.39 is 0 Å². The highest BCUT2D eigenvalue weighted by atomic mass is 32.1. The summed E-state index contributed by atoms with van der Waals surface area (Å²) in [6.07, 6.45) is 0.818. The van der Waals surface area contributed by atoms with Crippen LogP contribution in [0.2, 0.25) is 0 Å². The number of para-hydroxylation sites is 1. The topological polar surface area (TPSA) is 84.4 Å². The van der Waals surface area contributed by atoms with Gasteiger partial charge in [-0.1, -0.05) is 18.2 Å². The molecule has 1 N–H and O–H groups in total. The minimum atomic E-state index is -0.140. The molecule has 0 saturated carbocycles. The zero-order valence-electron chi connectivity index (χ0n) is 18.0. The van der Waals surface area contributed by atoms with Crippen LogP contribution in [0.15, 0.2) is 30.3 Å². The van der Waals surface area contributed by atoms with Crippen LogP contribution in [0.25, 0.3) is 10.9 Å². The molecule has 1 aromatic carbocycles. The maximum atomic E-state index is 13.0. The van der Waals surface area contributed by atoms with Crippen molar-refractivity contribution < 1.29 is 14.3 Å². The van der Waals surface area contributed by atoms with Gasteiger partial charge < -0.3 is 15.0 Å². The minimum absolute atomic E-state index is 0.0314. The van der Waals surface area contributed by atoms with E-state index in [9.17, 15) is 9.59 Å². The van der Waals surface area contributed by atoms with Crippen molar-refractivity contribution in [1.29, 1.82) is 0 Å². The average molecular weight is 439 g/mol. The molecule has 1 atom stereocenters. The number of amides is 2. The van der Waals surface area contributed by atoms with Crippen LogP contribution in [0.3, 0.4) is 0 Å². The highest BCUT2D eigenvalue weighted by Crippen LogP contribution is 2.31. The normalized spacial score (nSPS) is 16.1. The van der Waals surface area contributed by atoms with Gasteiger partial charge in [0.25, 0.3) is 11.8 Å². The predicted molar refractivity (Wildman–Crippen MR) is 121 cm³/mol. The molecule has 2 aromatic heterocycles. The fraction of sp³-hybridized carbons (Fsp3) is 0.391. The Morgan fingerprint density at radius 1 is 1.26 bits per heavy atom. The maximum Gasteiger partial charge on any atom is 0.265 e. The number of carbonyl (C=O) groups excluding carboxylic acids is 2. The van der Waals surface area contributed by atoms with Gasteiger partial charge >= 0.3 is 0 Å². The summed E-state index contributed by atoms with van der Waals surface area (Å²) in [5.41, 5.74) is 3.03. The third-order valence-corrected chi connectivity index (χ3v) is 6.62. The van der Waals surface area contributed by atoms with Crippen LogP contribution in [0, 0.1) is 13.8 Å². The lowest BCUT2D eigenvalue weighted by Gasteiger charge is -2.17. The number of rotatable bonds is 6. The Morgan fingerprint density at radius 2 is 2.06 bits per heavy atom. The van der Waals surface area contributed by atoms with Crippen LogP contribution in [0.1, 0.15) is 48.8 Å². The lowest BCUT2D eigenvalue weighted by molar-refractivity contribution is 0.0794. The largest absolute Gasteiger partial charge is 0.383 e. The summed E-state index contributed by atoms with van der Waals surface area (Å²) in [6, 6.07) is 9.55. The third kappa shape index (κ3) is 4.45. The minimum Gasteiger partial charge on any atom is -0.383 e. The van der Waals surface area contributed by atoms with Gasteiger partial charge in [-0.25, -0.2) is 4.98 Å². The fourth-order valence-corrected chi connectivity index (χ4v) is 4.90. The Hall–Kier alpha value is -2.84. The van der Waals surface area contributed by atoms with Crippen molar-refractivity contribution >= 4 is 34.1 Å². The zero-order valence-corrected chi connectivity index (χ0v) is 18.8. The van der Waals surface area contributed by atoms with Gasteiger partial charge in [0.1, 0.15) is 4.88 Å². The molecule has 162 valence electrons. The van der Waals surface area contributed by atoms with Crippen molar-refractivity contribution in [2.24, 2.45) is 0 Å².